The van der Waals surface area contributed by atoms with Crippen LogP contribution < -0.4 is 4.72 Å². The van der Waals surface area contributed by atoms with Gasteiger partial charge in [-0.15, -0.1) is 0 Å². The molecule has 1 fully saturated rings. The molecule has 2 N–H and O–H groups in total. The van der Waals surface area contributed by atoms with E-state index in [-0.39, 0.29) is 11.9 Å². The van der Waals surface area contributed by atoms with Crippen molar-refractivity contribution in [1.82, 2.24) is 9.71 Å². The fraction of sp³-hybridized carbons (Fsp3) is 0.529. The predicted molar refractivity (Wildman–Crippen MR) is 92.1 cm³/mol. The second-order valence-electron chi connectivity index (χ2n) is 6.16. The van der Waals surface area contributed by atoms with Gasteiger partial charge in [0.25, 0.3) is 0 Å². The number of para-hydroxylation sites is 1. The van der Waals surface area contributed by atoms with Gasteiger partial charge in [-0.3, -0.25) is 0 Å². The summed E-state index contributed by atoms with van der Waals surface area (Å²) in [6.45, 7) is 3.22. The summed E-state index contributed by atoms with van der Waals surface area (Å²) < 4.78 is 32.4. The number of aryl methyl sites for hydroxylation is 1. The molecule has 3 rings (SSSR count). The third-order valence-electron chi connectivity index (χ3n) is 4.46. The van der Waals surface area contributed by atoms with E-state index in [0.29, 0.717) is 19.4 Å². The number of rotatable bonds is 7. The van der Waals surface area contributed by atoms with Gasteiger partial charge in [0, 0.05) is 29.7 Å². The van der Waals surface area contributed by atoms with Crippen molar-refractivity contribution >= 4 is 20.9 Å². The van der Waals surface area contributed by atoms with Crippen LogP contribution in [0.4, 0.5) is 0 Å². The zero-order valence-corrected chi connectivity index (χ0v) is 14.3. The number of sulfonamides is 1. The molecular weight excluding hydrogens is 312 g/mol. The molecule has 2 heterocycles. The fourth-order valence-corrected chi connectivity index (χ4v) is 4.35. The quantitative estimate of drug-likeness (QED) is 0.816. The van der Waals surface area contributed by atoms with Crippen molar-refractivity contribution in [3.05, 3.63) is 35.5 Å². The normalized spacial score (nSPS) is 18.7. The highest BCUT2D eigenvalue weighted by Gasteiger charge is 2.19. The number of hydrogen-bond acceptors (Lipinski definition) is 3. The first-order valence-corrected chi connectivity index (χ1v) is 9.85. The highest BCUT2D eigenvalue weighted by atomic mass is 32.2. The molecule has 1 aromatic heterocycles. The molecule has 1 aromatic carbocycles. The van der Waals surface area contributed by atoms with Gasteiger partial charge in [0.15, 0.2) is 0 Å². The molecule has 1 aliphatic rings. The van der Waals surface area contributed by atoms with Gasteiger partial charge >= 0.3 is 0 Å². The van der Waals surface area contributed by atoms with Gasteiger partial charge in [0.05, 0.1) is 11.9 Å². The van der Waals surface area contributed by atoms with E-state index in [1.807, 2.05) is 25.1 Å². The van der Waals surface area contributed by atoms with Crippen molar-refractivity contribution in [2.75, 3.05) is 18.9 Å². The molecule has 0 saturated carbocycles. The summed E-state index contributed by atoms with van der Waals surface area (Å²) >= 11 is 0. The van der Waals surface area contributed by atoms with Crippen molar-refractivity contribution < 1.29 is 13.2 Å². The lowest BCUT2D eigenvalue weighted by molar-refractivity contribution is 0.109. The maximum absolute atomic E-state index is 12.1. The summed E-state index contributed by atoms with van der Waals surface area (Å²) in [6.07, 6.45) is 3.40. The Hall–Kier alpha value is -1.37. The van der Waals surface area contributed by atoms with E-state index >= 15 is 0 Å². The van der Waals surface area contributed by atoms with Crippen LogP contribution in [0, 0.1) is 6.92 Å². The second kappa shape index (κ2) is 7.03. The SMILES string of the molecule is Cc1[nH]c2ccccc2c1CCNS(=O)(=O)CC[C@@H]1CCCO1. The molecule has 0 spiro atoms. The van der Waals surface area contributed by atoms with Crippen molar-refractivity contribution in [3.8, 4) is 0 Å². The maximum atomic E-state index is 12.1. The third-order valence-corrected chi connectivity index (χ3v) is 5.87. The van der Waals surface area contributed by atoms with E-state index < -0.39 is 10.0 Å². The molecule has 5 nitrogen and oxygen atoms in total. The Balaban J connectivity index is 1.54. The maximum Gasteiger partial charge on any atom is 0.211 e. The first-order valence-electron chi connectivity index (χ1n) is 8.20. The zero-order valence-electron chi connectivity index (χ0n) is 13.5. The van der Waals surface area contributed by atoms with E-state index in [0.717, 1.165) is 30.7 Å². The predicted octanol–water partition coefficient (Wildman–Crippen LogP) is 2.51. The van der Waals surface area contributed by atoms with Gasteiger partial charge in [0.1, 0.15) is 0 Å². The van der Waals surface area contributed by atoms with Crippen molar-refractivity contribution in [1.29, 1.82) is 0 Å². The summed E-state index contributed by atoms with van der Waals surface area (Å²) in [7, 11) is -3.23. The van der Waals surface area contributed by atoms with Crippen LogP contribution in [0.2, 0.25) is 0 Å². The molecule has 0 bridgehead atoms. The van der Waals surface area contributed by atoms with Crippen LogP contribution in [0.1, 0.15) is 30.5 Å². The van der Waals surface area contributed by atoms with Gasteiger partial charge in [-0.2, -0.15) is 0 Å². The molecule has 23 heavy (non-hydrogen) atoms. The molecule has 1 saturated heterocycles. The van der Waals surface area contributed by atoms with Crippen molar-refractivity contribution in [3.63, 3.8) is 0 Å². The summed E-state index contributed by atoms with van der Waals surface area (Å²) in [5, 5.41) is 1.17. The minimum absolute atomic E-state index is 0.113. The molecule has 126 valence electrons. The third kappa shape index (κ3) is 4.13. The summed E-state index contributed by atoms with van der Waals surface area (Å²) in [4.78, 5) is 3.34. The van der Waals surface area contributed by atoms with Crippen LogP contribution in [-0.4, -0.2) is 38.4 Å². The minimum atomic E-state index is -3.23. The minimum Gasteiger partial charge on any atom is -0.378 e. The Bertz CT molecular complexity index is 761. The molecule has 2 aromatic rings. The number of aromatic nitrogens is 1. The molecule has 1 aliphatic heterocycles. The van der Waals surface area contributed by atoms with Crippen LogP contribution in [0.15, 0.2) is 24.3 Å². The van der Waals surface area contributed by atoms with Gasteiger partial charge in [0.2, 0.25) is 10.0 Å². The molecule has 0 radical (unpaired) electrons. The van der Waals surface area contributed by atoms with Crippen molar-refractivity contribution in [2.45, 2.75) is 38.7 Å². The lowest BCUT2D eigenvalue weighted by atomic mass is 10.1. The first-order chi connectivity index (χ1) is 11.1. The summed E-state index contributed by atoms with van der Waals surface area (Å²) in [5.74, 6) is 0.143. The molecular formula is C17H24N2O3S. The number of H-pyrrole nitrogens is 1. The van der Waals surface area contributed by atoms with E-state index in [1.165, 1.54) is 10.9 Å². The first kappa shape index (κ1) is 16.5. The summed E-state index contributed by atoms with van der Waals surface area (Å²) in [5.41, 5.74) is 3.38. The van der Waals surface area contributed by atoms with Gasteiger partial charge in [-0.25, -0.2) is 13.1 Å². The molecule has 1 atom stereocenters. The Morgan fingerprint density at radius 1 is 1.35 bits per heavy atom. The largest absolute Gasteiger partial charge is 0.378 e. The van der Waals surface area contributed by atoms with Crippen LogP contribution in [0.5, 0.6) is 0 Å². The number of benzene rings is 1. The van der Waals surface area contributed by atoms with Crippen LogP contribution in [0.3, 0.4) is 0 Å². The smallest absolute Gasteiger partial charge is 0.211 e. The fourth-order valence-electron chi connectivity index (χ4n) is 3.22. The monoisotopic (exact) mass is 336 g/mol. The summed E-state index contributed by atoms with van der Waals surface area (Å²) in [6, 6.07) is 8.11. The Morgan fingerprint density at radius 2 is 2.17 bits per heavy atom. The number of fused-ring (bicyclic) bond motifs is 1. The highest BCUT2D eigenvalue weighted by molar-refractivity contribution is 7.89. The number of nitrogens with one attached hydrogen (secondary N) is 2. The number of hydrogen-bond donors (Lipinski definition) is 2. The molecule has 6 heteroatoms. The van der Waals surface area contributed by atoms with E-state index in [9.17, 15) is 8.42 Å². The highest BCUT2D eigenvalue weighted by Crippen LogP contribution is 2.22. The van der Waals surface area contributed by atoms with E-state index in [1.54, 1.807) is 0 Å². The zero-order chi connectivity index (χ0) is 16.3. The van der Waals surface area contributed by atoms with Crippen molar-refractivity contribution in [2.24, 2.45) is 0 Å². The molecule has 0 unspecified atom stereocenters. The Labute approximate surface area is 137 Å². The van der Waals surface area contributed by atoms with Crippen LogP contribution in [-0.2, 0) is 21.2 Å². The van der Waals surface area contributed by atoms with Gasteiger partial charge in [-0.1, -0.05) is 18.2 Å². The number of aromatic amines is 1. The van der Waals surface area contributed by atoms with E-state index in [4.69, 9.17) is 4.74 Å². The van der Waals surface area contributed by atoms with Gasteiger partial charge in [-0.05, 0) is 44.2 Å². The van der Waals surface area contributed by atoms with E-state index in [2.05, 4.69) is 15.8 Å². The lowest BCUT2D eigenvalue weighted by Gasteiger charge is -2.10. The Kier molecular flexibility index (Phi) is 5.04. The average Bonchev–Trinajstić information content (AvgIpc) is 3.14. The standard InChI is InChI=1S/C17H24N2O3S/c1-13-15(16-6-2-3-7-17(16)19-13)8-10-18-23(20,21)12-9-14-5-4-11-22-14/h2-3,6-7,14,18-19H,4-5,8-12H2,1H3/t14-/m0/s1. The van der Waals surface area contributed by atoms with Crippen LogP contribution >= 0.6 is 0 Å². The average molecular weight is 336 g/mol. The Morgan fingerprint density at radius 3 is 2.96 bits per heavy atom. The lowest BCUT2D eigenvalue weighted by Crippen LogP contribution is -2.30. The number of ether oxygens (including phenoxy) is 1. The molecule has 0 aliphatic carbocycles. The van der Waals surface area contributed by atoms with Crippen LogP contribution in [0.25, 0.3) is 10.9 Å². The molecule has 0 amide bonds. The van der Waals surface area contributed by atoms with Gasteiger partial charge < -0.3 is 9.72 Å². The topological polar surface area (TPSA) is 71.2 Å². The second-order valence-corrected chi connectivity index (χ2v) is 8.09.